The van der Waals surface area contributed by atoms with Gasteiger partial charge in [0.2, 0.25) is 0 Å². The maximum atomic E-state index is 11.6. The van der Waals surface area contributed by atoms with Crippen molar-refractivity contribution >= 4 is 5.78 Å². The molecule has 0 aromatic carbocycles. The molecule has 4 bridgehead atoms. The minimum Gasteiger partial charge on any atom is -0.299 e. The fourth-order valence-electron chi connectivity index (χ4n) is 3.12. The van der Waals surface area contributed by atoms with Gasteiger partial charge in [-0.05, 0) is 31.1 Å². The first-order valence-electron chi connectivity index (χ1n) is 4.58. The van der Waals surface area contributed by atoms with Crippen LogP contribution in [0.15, 0.2) is 12.2 Å². The van der Waals surface area contributed by atoms with E-state index in [-0.39, 0.29) is 0 Å². The normalized spacial score (nSPS) is 52.2. The highest BCUT2D eigenvalue weighted by Crippen LogP contribution is 2.50. The van der Waals surface area contributed by atoms with Gasteiger partial charge in [0.05, 0.1) is 0 Å². The van der Waals surface area contributed by atoms with Gasteiger partial charge in [-0.1, -0.05) is 12.2 Å². The van der Waals surface area contributed by atoms with Crippen molar-refractivity contribution in [2.45, 2.75) is 19.3 Å². The molecule has 0 spiro atoms. The highest BCUT2D eigenvalue weighted by Gasteiger charge is 2.48. The van der Waals surface area contributed by atoms with Gasteiger partial charge >= 0.3 is 0 Å². The number of Topliss-reactive ketones (excluding diaryl/α,β-unsaturated/α-hetero) is 1. The number of hydrogen-bond donors (Lipinski definition) is 0. The zero-order chi connectivity index (χ0) is 7.42. The third-order valence-corrected chi connectivity index (χ3v) is 3.70. The third-order valence-electron chi connectivity index (χ3n) is 3.70. The second-order valence-electron chi connectivity index (χ2n) is 4.14. The first kappa shape index (κ1) is 5.99. The molecule has 58 valence electrons. The lowest BCUT2D eigenvalue weighted by Crippen LogP contribution is -2.29. The molecule has 0 radical (unpaired) electrons. The average Bonchev–Trinajstić information content (AvgIpc) is 2.42. The van der Waals surface area contributed by atoms with Gasteiger partial charge in [0.25, 0.3) is 0 Å². The van der Waals surface area contributed by atoms with E-state index in [1.54, 1.807) is 0 Å². The second kappa shape index (κ2) is 1.77. The standard InChI is InChI=1S/C10H12O/c11-10-8-3-4-9(10)7-2-1-6(8)5-7/h1-2,6-9H,3-5H2. The molecular formula is C10H12O. The average molecular weight is 148 g/mol. The van der Waals surface area contributed by atoms with Crippen molar-refractivity contribution in [3.8, 4) is 0 Å². The van der Waals surface area contributed by atoms with Crippen LogP contribution in [-0.4, -0.2) is 5.78 Å². The number of rotatable bonds is 0. The zero-order valence-corrected chi connectivity index (χ0v) is 6.49. The maximum absolute atomic E-state index is 11.6. The van der Waals surface area contributed by atoms with Crippen LogP contribution in [0.25, 0.3) is 0 Å². The Morgan fingerprint density at radius 2 is 1.64 bits per heavy atom. The van der Waals surface area contributed by atoms with E-state index in [0.29, 0.717) is 29.5 Å². The predicted octanol–water partition coefficient (Wildman–Crippen LogP) is 1.79. The van der Waals surface area contributed by atoms with Gasteiger partial charge < -0.3 is 0 Å². The first-order chi connectivity index (χ1) is 5.36. The molecule has 3 aliphatic carbocycles. The maximum Gasteiger partial charge on any atom is 0.140 e. The molecule has 0 aromatic rings. The Morgan fingerprint density at radius 1 is 1.09 bits per heavy atom. The lowest BCUT2D eigenvalue weighted by Gasteiger charge is -2.25. The van der Waals surface area contributed by atoms with Crippen molar-refractivity contribution in [2.24, 2.45) is 23.7 Å². The van der Waals surface area contributed by atoms with Gasteiger partial charge in [-0.2, -0.15) is 0 Å². The molecule has 4 atom stereocenters. The molecule has 0 N–H and O–H groups in total. The molecule has 4 unspecified atom stereocenters. The van der Waals surface area contributed by atoms with Crippen molar-refractivity contribution < 1.29 is 4.79 Å². The summed E-state index contributed by atoms with van der Waals surface area (Å²) in [6, 6.07) is 0. The SMILES string of the molecule is O=C1C2CCC1C1C=CC2C1. The van der Waals surface area contributed by atoms with Crippen LogP contribution in [0.3, 0.4) is 0 Å². The van der Waals surface area contributed by atoms with Crippen molar-refractivity contribution in [2.75, 3.05) is 0 Å². The summed E-state index contributed by atoms with van der Waals surface area (Å²) in [5, 5.41) is 0. The second-order valence-corrected chi connectivity index (χ2v) is 4.14. The smallest absolute Gasteiger partial charge is 0.140 e. The van der Waals surface area contributed by atoms with Crippen LogP contribution in [-0.2, 0) is 4.79 Å². The largest absolute Gasteiger partial charge is 0.299 e. The van der Waals surface area contributed by atoms with Gasteiger partial charge in [0.1, 0.15) is 5.78 Å². The summed E-state index contributed by atoms with van der Waals surface area (Å²) < 4.78 is 0. The molecule has 2 fully saturated rings. The molecule has 0 aromatic heterocycles. The summed E-state index contributed by atoms with van der Waals surface area (Å²) >= 11 is 0. The fraction of sp³-hybridized carbons (Fsp3) is 0.700. The Morgan fingerprint density at radius 3 is 2.18 bits per heavy atom. The minimum absolute atomic E-state index is 0.426. The van der Waals surface area contributed by atoms with Crippen molar-refractivity contribution in [1.82, 2.24) is 0 Å². The quantitative estimate of drug-likeness (QED) is 0.479. The van der Waals surface area contributed by atoms with E-state index in [4.69, 9.17) is 0 Å². The molecule has 0 aliphatic heterocycles. The van der Waals surface area contributed by atoms with E-state index in [1.165, 1.54) is 19.3 Å². The summed E-state index contributed by atoms with van der Waals surface area (Å²) in [5.41, 5.74) is 0. The molecule has 0 saturated heterocycles. The van der Waals surface area contributed by atoms with Crippen LogP contribution < -0.4 is 0 Å². The molecule has 3 rings (SSSR count). The van der Waals surface area contributed by atoms with Gasteiger partial charge in [0.15, 0.2) is 0 Å². The Labute approximate surface area is 66.5 Å². The van der Waals surface area contributed by atoms with Gasteiger partial charge in [-0.3, -0.25) is 4.79 Å². The molecule has 1 heteroatoms. The van der Waals surface area contributed by atoms with Gasteiger partial charge in [-0.15, -0.1) is 0 Å². The Balaban J connectivity index is 2.08. The van der Waals surface area contributed by atoms with Crippen molar-refractivity contribution in [1.29, 1.82) is 0 Å². The van der Waals surface area contributed by atoms with E-state index in [9.17, 15) is 4.79 Å². The Kier molecular flexibility index (Phi) is 0.961. The summed E-state index contributed by atoms with van der Waals surface area (Å²) in [6.45, 7) is 0. The van der Waals surface area contributed by atoms with E-state index in [1.807, 2.05) is 0 Å². The number of hydrogen-bond acceptors (Lipinski definition) is 1. The molecule has 3 aliphatic rings. The number of fused-ring (bicyclic) bond motifs is 6. The van der Waals surface area contributed by atoms with Crippen LogP contribution in [0.5, 0.6) is 0 Å². The van der Waals surface area contributed by atoms with Gasteiger partial charge in [0, 0.05) is 11.8 Å². The van der Waals surface area contributed by atoms with Crippen LogP contribution in [0.1, 0.15) is 19.3 Å². The monoisotopic (exact) mass is 148 g/mol. The summed E-state index contributed by atoms with van der Waals surface area (Å²) in [4.78, 5) is 11.6. The predicted molar refractivity (Wildman–Crippen MR) is 42.0 cm³/mol. The van der Waals surface area contributed by atoms with E-state index >= 15 is 0 Å². The minimum atomic E-state index is 0.426. The zero-order valence-electron chi connectivity index (χ0n) is 6.49. The molecule has 0 amide bonds. The van der Waals surface area contributed by atoms with Crippen LogP contribution in [0.2, 0.25) is 0 Å². The summed E-state index contributed by atoms with van der Waals surface area (Å²) in [7, 11) is 0. The molecular weight excluding hydrogens is 136 g/mol. The summed E-state index contributed by atoms with van der Waals surface area (Å²) in [5.74, 6) is 2.69. The van der Waals surface area contributed by atoms with E-state index in [2.05, 4.69) is 12.2 Å². The van der Waals surface area contributed by atoms with E-state index in [0.717, 1.165) is 0 Å². The van der Waals surface area contributed by atoms with Crippen molar-refractivity contribution in [3.05, 3.63) is 12.2 Å². The van der Waals surface area contributed by atoms with Crippen LogP contribution in [0.4, 0.5) is 0 Å². The number of allylic oxidation sites excluding steroid dienone is 2. The molecule has 1 nitrogen and oxygen atoms in total. The fourth-order valence-corrected chi connectivity index (χ4v) is 3.12. The summed E-state index contributed by atoms with van der Waals surface area (Å²) in [6.07, 6.45) is 8.20. The Bertz CT molecular complexity index is 219. The third kappa shape index (κ3) is 0.597. The van der Waals surface area contributed by atoms with Crippen LogP contribution in [0, 0.1) is 23.7 Å². The highest BCUT2D eigenvalue weighted by atomic mass is 16.1. The van der Waals surface area contributed by atoms with Gasteiger partial charge in [-0.25, -0.2) is 0 Å². The molecule has 0 heterocycles. The molecule has 2 saturated carbocycles. The Hall–Kier alpha value is -0.590. The number of ketones is 1. The van der Waals surface area contributed by atoms with Crippen molar-refractivity contribution in [3.63, 3.8) is 0 Å². The van der Waals surface area contributed by atoms with Crippen LogP contribution >= 0.6 is 0 Å². The molecule has 11 heavy (non-hydrogen) atoms. The number of carbonyl (C=O) groups is 1. The topological polar surface area (TPSA) is 17.1 Å². The number of carbonyl (C=O) groups excluding carboxylic acids is 1. The lowest BCUT2D eigenvalue weighted by molar-refractivity contribution is -0.127. The lowest BCUT2D eigenvalue weighted by atomic mass is 9.78. The first-order valence-corrected chi connectivity index (χ1v) is 4.58. The highest BCUT2D eigenvalue weighted by molar-refractivity contribution is 5.87. The van der Waals surface area contributed by atoms with E-state index < -0.39 is 0 Å².